The summed E-state index contributed by atoms with van der Waals surface area (Å²) in [6.07, 6.45) is 7.43. The van der Waals surface area contributed by atoms with Crippen LogP contribution < -0.4 is 0 Å². The van der Waals surface area contributed by atoms with E-state index in [1.165, 1.54) is 6.21 Å². The van der Waals surface area contributed by atoms with Crippen LogP contribution >= 0.6 is 0 Å². The van der Waals surface area contributed by atoms with Crippen molar-refractivity contribution in [1.82, 2.24) is 9.97 Å². The van der Waals surface area contributed by atoms with Crippen molar-refractivity contribution in [3.63, 3.8) is 0 Å². The molecule has 2 rings (SSSR count). The highest BCUT2D eigenvalue weighted by Gasteiger charge is 2.29. The van der Waals surface area contributed by atoms with Crippen LogP contribution in [0.25, 0.3) is 5.57 Å². The van der Waals surface area contributed by atoms with Gasteiger partial charge in [-0.15, -0.1) is 0 Å². The van der Waals surface area contributed by atoms with E-state index in [2.05, 4.69) is 15.0 Å². The van der Waals surface area contributed by atoms with Gasteiger partial charge in [0.15, 0.2) is 0 Å². The van der Waals surface area contributed by atoms with Crippen LogP contribution in [0.1, 0.15) is 38.4 Å². The van der Waals surface area contributed by atoms with Gasteiger partial charge in [0.05, 0.1) is 11.1 Å². The maximum atomic E-state index is 11.8. The van der Waals surface area contributed by atoms with Crippen LogP contribution in [0.4, 0.5) is 0 Å². The molecule has 7 heteroatoms. The normalized spacial score (nSPS) is 17.5. The van der Waals surface area contributed by atoms with Crippen LogP contribution in [0.15, 0.2) is 22.4 Å². The Hall–Kier alpha value is -1.89. The lowest BCUT2D eigenvalue weighted by Gasteiger charge is -2.21. The lowest BCUT2D eigenvalue weighted by Crippen LogP contribution is -2.24. The molecule has 0 saturated heterocycles. The van der Waals surface area contributed by atoms with Crippen molar-refractivity contribution in [2.45, 2.75) is 38.8 Å². The van der Waals surface area contributed by atoms with Crippen molar-refractivity contribution in [3.05, 3.63) is 23.5 Å². The summed E-state index contributed by atoms with van der Waals surface area (Å²) in [5.74, 6) is -0.231. The number of aromatic nitrogens is 2. The second-order valence-corrected chi connectivity index (χ2v) is 7.84. The van der Waals surface area contributed by atoms with Crippen molar-refractivity contribution in [1.29, 1.82) is 0 Å². The summed E-state index contributed by atoms with van der Waals surface area (Å²) >= 11 is 0. The van der Waals surface area contributed by atoms with Crippen LogP contribution in [-0.2, 0) is 21.1 Å². The fourth-order valence-corrected chi connectivity index (χ4v) is 2.68. The Balaban J connectivity index is 2.62. The van der Waals surface area contributed by atoms with Gasteiger partial charge in [-0.25, -0.2) is 23.4 Å². The summed E-state index contributed by atoms with van der Waals surface area (Å²) in [6.45, 7) is 5.55. The topological polar surface area (TPSA) is 89.4 Å². The molecule has 1 amide bonds. The third-order valence-corrected chi connectivity index (χ3v) is 4.22. The molecule has 22 heavy (non-hydrogen) atoms. The minimum absolute atomic E-state index is 0.216. The Morgan fingerprint density at radius 2 is 1.95 bits per heavy atom. The lowest BCUT2D eigenvalue weighted by molar-refractivity contribution is -0.123. The molecule has 0 unspecified atom stereocenters. The van der Waals surface area contributed by atoms with Crippen molar-refractivity contribution < 1.29 is 13.2 Å². The quantitative estimate of drug-likeness (QED) is 0.790. The molecule has 118 valence electrons. The van der Waals surface area contributed by atoms with Gasteiger partial charge in [0, 0.05) is 24.2 Å². The number of amides is 1. The molecule has 1 aliphatic heterocycles. The van der Waals surface area contributed by atoms with Gasteiger partial charge in [-0.2, -0.15) is 0 Å². The van der Waals surface area contributed by atoms with Crippen LogP contribution in [-0.4, -0.2) is 36.8 Å². The molecule has 0 bridgehead atoms. The molecule has 6 nitrogen and oxygen atoms in total. The molecule has 2 heterocycles. The Labute approximate surface area is 130 Å². The number of nitrogens with zero attached hydrogens (tertiary/aromatic N) is 3. The van der Waals surface area contributed by atoms with Gasteiger partial charge in [-0.05, 0) is 25.8 Å². The van der Waals surface area contributed by atoms with Gasteiger partial charge in [-0.1, -0.05) is 19.4 Å². The monoisotopic (exact) mass is 321 g/mol. The summed E-state index contributed by atoms with van der Waals surface area (Å²) in [7, 11) is -3.50. The van der Waals surface area contributed by atoms with Crippen LogP contribution in [0.3, 0.4) is 0 Å². The first-order valence-corrected chi connectivity index (χ1v) is 8.92. The molecule has 1 aromatic heterocycles. The zero-order valence-corrected chi connectivity index (χ0v) is 13.9. The number of rotatable bonds is 4. The average molecular weight is 321 g/mol. The summed E-state index contributed by atoms with van der Waals surface area (Å²) in [6, 6.07) is 0. The van der Waals surface area contributed by atoms with Crippen LogP contribution in [0.2, 0.25) is 0 Å². The van der Waals surface area contributed by atoms with Gasteiger partial charge in [0.1, 0.15) is 0 Å². The van der Waals surface area contributed by atoms with Gasteiger partial charge in [0.25, 0.3) is 5.91 Å². The largest absolute Gasteiger partial charge is 0.272 e. The van der Waals surface area contributed by atoms with E-state index in [9.17, 15) is 13.2 Å². The molecule has 0 fully saturated rings. The maximum absolute atomic E-state index is 11.8. The second-order valence-electron chi connectivity index (χ2n) is 5.93. The summed E-state index contributed by atoms with van der Waals surface area (Å²) in [4.78, 5) is 23.8. The van der Waals surface area contributed by atoms with E-state index >= 15 is 0 Å². The number of allylic oxidation sites excluding steroid dienone is 1. The average Bonchev–Trinajstić information content (AvgIpc) is 2.41. The van der Waals surface area contributed by atoms with Crippen molar-refractivity contribution in [3.8, 4) is 0 Å². The van der Waals surface area contributed by atoms with Gasteiger partial charge in [-0.3, -0.25) is 4.79 Å². The molecular weight excluding hydrogens is 302 g/mol. The number of carbonyl (C=O) groups is 1. The minimum Gasteiger partial charge on any atom is -0.272 e. The zero-order valence-electron chi connectivity index (χ0n) is 13.1. The fourth-order valence-electron chi connectivity index (χ4n) is 2.18. The van der Waals surface area contributed by atoms with E-state index in [4.69, 9.17) is 0 Å². The standard InChI is InChI=1S/C15H19N3O3S/c1-5-6-10-8-17-14(22(4,20)21)18-12(10)11-7-15(2,3)13(19)16-9-11/h7-9H,5-6H2,1-4H3. The Morgan fingerprint density at radius 3 is 2.50 bits per heavy atom. The number of carbonyl (C=O) groups excluding carboxylic acids is 1. The SMILES string of the molecule is CCCc1cnc(S(C)(=O)=O)nc1C1=CC(C)(C)C(=O)N=C1. The third kappa shape index (κ3) is 3.30. The summed E-state index contributed by atoms with van der Waals surface area (Å²) in [5, 5.41) is -0.216. The molecule has 1 aromatic rings. The van der Waals surface area contributed by atoms with E-state index in [1.807, 2.05) is 6.92 Å². The highest BCUT2D eigenvalue weighted by atomic mass is 32.2. The van der Waals surface area contributed by atoms with Crippen molar-refractivity contribution in [2.75, 3.05) is 6.26 Å². The van der Waals surface area contributed by atoms with Gasteiger partial charge in [0.2, 0.25) is 15.0 Å². The van der Waals surface area contributed by atoms with Gasteiger partial charge < -0.3 is 0 Å². The van der Waals surface area contributed by atoms with E-state index in [0.717, 1.165) is 24.7 Å². The Morgan fingerprint density at radius 1 is 1.27 bits per heavy atom. The first-order valence-electron chi connectivity index (χ1n) is 7.03. The van der Waals surface area contributed by atoms with Crippen molar-refractivity contribution >= 4 is 27.5 Å². The van der Waals surface area contributed by atoms with E-state index < -0.39 is 15.3 Å². The second kappa shape index (κ2) is 5.72. The number of sulfone groups is 1. The van der Waals surface area contributed by atoms with Gasteiger partial charge >= 0.3 is 0 Å². The van der Waals surface area contributed by atoms with E-state index in [0.29, 0.717) is 11.3 Å². The predicted octanol–water partition coefficient (Wildman–Crippen LogP) is 1.85. The van der Waals surface area contributed by atoms with E-state index in [-0.39, 0.29) is 11.1 Å². The molecular formula is C15H19N3O3S. The minimum atomic E-state index is -3.50. The fraction of sp³-hybridized carbons (Fsp3) is 0.467. The molecule has 0 radical (unpaired) electrons. The highest BCUT2D eigenvalue weighted by molar-refractivity contribution is 7.90. The first-order chi connectivity index (χ1) is 10.1. The molecule has 0 N–H and O–H groups in total. The number of dihydropyridines is 1. The first kappa shape index (κ1) is 16.5. The molecule has 0 saturated carbocycles. The maximum Gasteiger partial charge on any atom is 0.255 e. The summed E-state index contributed by atoms with van der Waals surface area (Å²) in [5.41, 5.74) is 1.30. The van der Waals surface area contributed by atoms with E-state index in [1.54, 1.807) is 26.1 Å². The third-order valence-electron chi connectivity index (χ3n) is 3.36. The zero-order chi connectivity index (χ0) is 16.5. The molecule has 1 aliphatic rings. The predicted molar refractivity (Wildman–Crippen MR) is 84.4 cm³/mol. The Kier molecular flexibility index (Phi) is 4.28. The number of aliphatic imine (C=N–C) groups is 1. The highest BCUT2D eigenvalue weighted by Crippen LogP contribution is 2.29. The molecule has 0 spiro atoms. The molecule has 0 aromatic carbocycles. The lowest BCUT2D eigenvalue weighted by atomic mass is 9.86. The number of hydrogen-bond donors (Lipinski definition) is 0. The van der Waals surface area contributed by atoms with Crippen LogP contribution in [0.5, 0.6) is 0 Å². The smallest absolute Gasteiger partial charge is 0.255 e. The molecule has 0 aliphatic carbocycles. The molecule has 0 atom stereocenters. The Bertz CT molecular complexity index is 777. The number of aryl methyl sites for hydroxylation is 1. The number of hydrogen-bond acceptors (Lipinski definition) is 5. The van der Waals surface area contributed by atoms with Crippen molar-refractivity contribution in [2.24, 2.45) is 10.4 Å². The van der Waals surface area contributed by atoms with Crippen LogP contribution in [0, 0.1) is 5.41 Å². The summed E-state index contributed by atoms with van der Waals surface area (Å²) < 4.78 is 23.4.